The lowest BCUT2D eigenvalue weighted by atomic mass is 10.1. The number of esters is 1. The van der Waals surface area contributed by atoms with Crippen LogP contribution >= 0.6 is 0 Å². The third kappa shape index (κ3) is 5.38. The molecule has 1 aromatic carbocycles. The van der Waals surface area contributed by atoms with Crippen LogP contribution in [0.15, 0.2) is 18.2 Å². The maximum absolute atomic E-state index is 12.2. The summed E-state index contributed by atoms with van der Waals surface area (Å²) in [5, 5.41) is 8.74. The molecule has 2 rings (SSSR count). The molecule has 26 heavy (non-hydrogen) atoms. The lowest BCUT2D eigenvalue weighted by Crippen LogP contribution is -2.38. The summed E-state index contributed by atoms with van der Waals surface area (Å²) in [4.78, 5) is 26.1. The first-order chi connectivity index (χ1) is 12.5. The molecule has 0 bridgehead atoms. The molecular formula is C19H24N2O5. The number of carbonyl (C=O) groups excluding carboxylic acids is 2. The van der Waals surface area contributed by atoms with Gasteiger partial charge in [0.05, 0.1) is 12.2 Å². The molecule has 1 aromatic rings. The molecule has 1 saturated heterocycles. The predicted molar refractivity (Wildman–Crippen MR) is 94.0 cm³/mol. The first-order valence-electron chi connectivity index (χ1n) is 8.83. The maximum Gasteiger partial charge on any atom is 0.339 e. The van der Waals surface area contributed by atoms with Crippen molar-refractivity contribution in [1.29, 1.82) is 5.26 Å². The van der Waals surface area contributed by atoms with E-state index in [-0.39, 0.29) is 18.1 Å². The smallest absolute Gasteiger partial charge is 0.339 e. The molecule has 0 aromatic heterocycles. The number of carbonyl (C=O) groups is 2. The largest absolute Gasteiger partial charge is 0.490 e. The second-order valence-electron chi connectivity index (χ2n) is 6.00. The second kappa shape index (κ2) is 9.66. The van der Waals surface area contributed by atoms with Gasteiger partial charge in [-0.25, -0.2) is 4.79 Å². The number of rotatable bonds is 7. The van der Waals surface area contributed by atoms with Gasteiger partial charge in [0.25, 0.3) is 5.91 Å². The third-order valence-corrected chi connectivity index (χ3v) is 4.00. The van der Waals surface area contributed by atoms with E-state index in [1.807, 2.05) is 13.0 Å². The van der Waals surface area contributed by atoms with Gasteiger partial charge >= 0.3 is 5.97 Å². The van der Waals surface area contributed by atoms with Crippen LogP contribution < -0.4 is 9.47 Å². The summed E-state index contributed by atoms with van der Waals surface area (Å²) in [6.45, 7) is 5.14. The van der Waals surface area contributed by atoms with Crippen LogP contribution in [0.3, 0.4) is 0 Å². The molecule has 1 atom stereocenters. The number of hydrogen-bond acceptors (Lipinski definition) is 6. The van der Waals surface area contributed by atoms with Crippen molar-refractivity contribution in [2.45, 2.75) is 39.2 Å². The standard InChI is InChI=1S/C19H24N2O5/c1-3-24-17-11-15(19(23)26-14(2)12-20)7-8-16(17)25-13-18(22)21-9-5-4-6-10-21/h7-8,11,14H,3-6,9-10,13H2,1-2H3/t14-/m1/s1. The fourth-order valence-corrected chi connectivity index (χ4v) is 2.65. The minimum atomic E-state index is -0.837. The van der Waals surface area contributed by atoms with Gasteiger partial charge in [-0.3, -0.25) is 4.79 Å². The lowest BCUT2D eigenvalue weighted by Gasteiger charge is -2.26. The third-order valence-electron chi connectivity index (χ3n) is 4.00. The average molecular weight is 360 g/mol. The van der Waals surface area contributed by atoms with E-state index in [0.29, 0.717) is 18.1 Å². The molecule has 0 saturated carbocycles. The van der Waals surface area contributed by atoms with Crippen molar-refractivity contribution in [2.24, 2.45) is 0 Å². The summed E-state index contributed by atoms with van der Waals surface area (Å²) < 4.78 is 16.1. The van der Waals surface area contributed by atoms with E-state index < -0.39 is 12.1 Å². The minimum Gasteiger partial charge on any atom is -0.490 e. The number of hydrogen-bond donors (Lipinski definition) is 0. The minimum absolute atomic E-state index is 0.0570. The van der Waals surface area contributed by atoms with E-state index in [2.05, 4.69) is 0 Å². The molecule has 0 N–H and O–H groups in total. The zero-order valence-corrected chi connectivity index (χ0v) is 15.2. The van der Waals surface area contributed by atoms with Gasteiger partial charge in [-0.2, -0.15) is 5.26 Å². The molecule has 1 fully saturated rings. The van der Waals surface area contributed by atoms with Crippen molar-refractivity contribution < 1.29 is 23.8 Å². The van der Waals surface area contributed by atoms with Crippen LogP contribution in [0.5, 0.6) is 11.5 Å². The molecule has 1 aliphatic rings. The van der Waals surface area contributed by atoms with Crippen LogP contribution in [-0.2, 0) is 9.53 Å². The summed E-state index contributed by atoms with van der Waals surface area (Å²) in [6.07, 6.45) is 2.36. The number of nitrogens with zero attached hydrogens (tertiary/aromatic N) is 2. The molecule has 0 spiro atoms. The quantitative estimate of drug-likeness (QED) is 0.694. The predicted octanol–water partition coefficient (Wildman–Crippen LogP) is 2.55. The molecule has 0 aliphatic carbocycles. The number of nitriles is 1. The highest BCUT2D eigenvalue weighted by Crippen LogP contribution is 2.29. The number of piperidine rings is 1. The van der Waals surface area contributed by atoms with Crippen LogP contribution in [-0.4, -0.2) is 49.2 Å². The van der Waals surface area contributed by atoms with E-state index in [4.69, 9.17) is 19.5 Å². The number of ether oxygens (including phenoxy) is 3. The lowest BCUT2D eigenvalue weighted by molar-refractivity contribution is -0.134. The average Bonchev–Trinajstić information content (AvgIpc) is 2.67. The molecule has 0 radical (unpaired) electrons. The molecule has 1 heterocycles. The maximum atomic E-state index is 12.2. The SMILES string of the molecule is CCOc1cc(C(=O)O[C@H](C)C#N)ccc1OCC(=O)N1CCCCC1. The Bertz CT molecular complexity index is 677. The van der Waals surface area contributed by atoms with E-state index in [1.165, 1.54) is 19.1 Å². The molecule has 0 unspecified atom stereocenters. The van der Waals surface area contributed by atoms with Crippen molar-refractivity contribution in [3.63, 3.8) is 0 Å². The van der Waals surface area contributed by atoms with Gasteiger partial charge in [0, 0.05) is 13.1 Å². The van der Waals surface area contributed by atoms with E-state index in [9.17, 15) is 9.59 Å². The Morgan fingerprint density at radius 1 is 1.19 bits per heavy atom. The zero-order chi connectivity index (χ0) is 18.9. The molecule has 1 aliphatic heterocycles. The van der Waals surface area contributed by atoms with Crippen LogP contribution in [0.1, 0.15) is 43.5 Å². The van der Waals surface area contributed by atoms with Crippen LogP contribution in [0.4, 0.5) is 0 Å². The molecule has 1 amide bonds. The van der Waals surface area contributed by atoms with Crippen LogP contribution in [0, 0.1) is 11.3 Å². The first-order valence-corrected chi connectivity index (χ1v) is 8.83. The first kappa shape index (κ1) is 19.6. The number of likely N-dealkylation sites (tertiary alicyclic amines) is 1. The summed E-state index contributed by atoms with van der Waals surface area (Å²) in [6, 6.07) is 6.43. The van der Waals surface area contributed by atoms with Crippen molar-refractivity contribution in [2.75, 3.05) is 26.3 Å². The Balaban J connectivity index is 2.04. The van der Waals surface area contributed by atoms with Gasteiger partial charge in [0.2, 0.25) is 0 Å². The molecule has 140 valence electrons. The molecular weight excluding hydrogens is 336 g/mol. The van der Waals surface area contributed by atoms with Crippen LogP contribution in [0.2, 0.25) is 0 Å². The van der Waals surface area contributed by atoms with Crippen molar-refractivity contribution in [3.8, 4) is 17.6 Å². The fraction of sp³-hybridized carbons (Fsp3) is 0.526. The van der Waals surface area contributed by atoms with Gasteiger partial charge in [0.15, 0.2) is 24.2 Å². The highest BCUT2D eigenvalue weighted by Gasteiger charge is 2.19. The summed E-state index contributed by atoms with van der Waals surface area (Å²) in [5.74, 6) is 0.0783. The Morgan fingerprint density at radius 3 is 2.58 bits per heavy atom. The van der Waals surface area contributed by atoms with Gasteiger partial charge in [-0.1, -0.05) is 0 Å². The normalized spacial score (nSPS) is 14.9. The highest BCUT2D eigenvalue weighted by molar-refractivity contribution is 5.90. The van der Waals surface area contributed by atoms with Crippen molar-refractivity contribution >= 4 is 11.9 Å². The Hall–Kier alpha value is -2.75. The van der Waals surface area contributed by atoms with E-state index >= 15 is 0 Å². The molecule has 7 nitrogen and oxygen atoms in total. The fourth-order valence-electron chi connectivity index (χ4n) is 2.65. The Morgan fingerprint density at radius 2 is 1.92 bits per heavy atom. The topological polar surface area (TPSA) is 88.9 Å². The van der Waals surface area contributed by atoms with Crippen molar-refractivity contribution in [1.82, 2.24) is 4.90 Å². The monoisotopic (exact) mass is 360 g/mol. The highest BCUT2D eigenvalue weighted by atomic mass is 16.5. The van der Waals surface area contributed by atoms with Gasteiger partial charge < -0.3 is 19.1 Å². The summed E-state index contributed by atoms with van der Waals surface area (Å²) >= 11 is 0. The summed E-state index contributed by atoms with van der Waals surface area (Å²) in [7, 11) is 0. The Kier molecular flexibility index (Phi) is 7.27. The van der Waals surface area contributed by atoms with Gasteiger partial charge in [-0.15, -0.1) is 0 Å². The number of benzene rings is 1. The van der Waals surface area contributed by atoms with E-state index in [0.717, 1.165) is 32.4 Å². The van der Waals surface area contributed by atoms with Crippen LogP contribution in [0.25, 0.3) is 0 Å². The molecule has 7 heteroatoms. The second-order valence-corrected chi connectivity index (χ2v) is 6.00. The van der Waals surface area contributed by atoms with Gasteiger partial charge in [-0.05, 0) is 51.3 Å². The Labute approximate surface area is 153 Å². The van der Waals surface area contributed by atoms with E-state index in [1.54, 1.807) is 11.0 Å². The number of amides is 1. The van der Waals surface area contributed by atoms with Crippen molar-refractivity contribution in [3.05, 3.63) is 23.8 Å². The summed E-state index contributed by atoms with van der Waals surface area (Å²) in [5.41, 5.74) is 0.255. The van der Waals surface area contributed by atoms with Gasteiger partial charge in [0.1, 0.15) is 6.07 Å². The zero-order valence-electron chi connectivity index (χ0n) is 15.2.